The van der Waals surface area contributed by atoms with Gasteiger partial charge in [-0.3, -0.25) is 14.4 Å². The van der Waals surface area contributed by atoms with Gasteiger partial charge >= 0.3 is 26.2 Å². The van der Waals surface area contributed by atoms with Gasteiger partial charge in [-0.25, -0.2) is 0 Å². The fourth-order valence-corrected chi connectivity index (χ4v) is 6.30. The largest absolute Gasteiger partial charge is 0.694 e. The molecule has 0 aromatic heterocycles. The van der Waals surface area contributed by atoms with E-state index in [1.165, 1.54) is 122 Å². The molecule has 0 saturated carbocycles. The average Bonchev–Trinajstić information content (AvgIpc) is 3.12. The number of carboxylic acids is 1. The van der Waals surface area contributed by atoms with Gasteiger partial charge in [-0.2, -0.15) is 0 Å². The number of rotatable bonds is 37. The topological polar surface area (TPSA) is 209 Å². The molecular weight excluding hydrogens is 699 g/mol. The molecule has 0 rings (SSSR count). The van der Waals surface area contributed by atoms with Gasteiger partial charge in [-0.1, -0.05) is 168 Å². The van der Waals surface area contributed by atoms with Crippen LogP contribution in [0.5, 0.6) is 0 Å². The van der Waals surface area contributed by atoms with E-state index in [0.717, 1.165) is 38.5 Å². The van der Waals surface area contributed by atoms with E-state index < -0.39 is 50.5 Å². The Morgan fingerprint density at radius 2 is 0.943 bits per heavy atom. The highest BCUT2D eigenvalue weighted by Crippen LogP contribution is 2.21. The number of unbranched alkanes of at least 4 members (excludes halogenated alkanes) is 24. The molecule has 0 amide bonds. The minimum atomic E-state index is -2.44. The second-order valence-corrected chi connectivity index (χ2v) is 15.3. The third-order valence-corrected chi connectivity index (χ3v) is 9.80. The van der Waals surface area contributed by atoms with Crippen LogP contribution in [-0.2, 0) is 32.9 Å². The Hall–Kier alpha value is -1.69. The van der Waals surface area contributed by atoms with Crippen LogP contribution in [0.2, 0.25) is 0 Å². The van der Waals surface area contributed by atoms with Gasteiger partial charge in [0.1, 0.15) is 6.61 Å². The van der Waals surface area contributed by atoms with Crippen molar-refractivity contribution in [3.8, 4) is 0 Å². The van der Waals surface area contributed by atoms with E-state index >= 15 is 0 Å². The number of aliphatic hydroxyl groups is 1. The fraction of sp³-hybridized carbons (Fsp3) is 0.925. The predicted octanol–water partition coefficient (Wildman–Crippen LogP) is 9.18. The van der Waals surface area contributed by atoms with Crippen LogP contribution >= 0.6 is 8.25 Å². The highest BCUT2D eigenvalue weighted by atomic mass is 31.1. The van der Waals surface area contributed by atoms with Crippen molar-refractivity contribution in [3.05, 3.63) is 0 Å². The molecule has 0 aromatic carbocycles. The average molecular weight is 780 g/mol. The maximum absolute atomic E-state index is 12.6. The van der Waals surface area contributed by atoms with Crippen molar-refractivity contribution < 1.29 is 48.1 Å². The first-order valence-electron chi connectivity index (χ1n) is 21.0. The number of nitrogens with two attached hydrogens (primary N) is 2. The number of carbonyl (C=O) groups excluding carboxylic acids is 2. The van der Waals surface area contributed by atoms with Gasteiger partial charge in [0.2, 0.25) is 0 Å². The van der Waals surface area contributed by atoms with Gasteiger partial charge in [-0.05, 0) is 19.8 Å². The molecule has 0 aliphatic heterocycles. The lowest BCUT2D eigenvalue weighted by atomic mass is 9.91. The second kappa shape index (κ2) is 38.6. The molecule has 314 valence electrons. The Bertz CT molecular complexity index is 894. The normalized spacial score (nSPS) is 13.7. The summed E-state index contributed by atoms with van der Waals surface area (Å²) in [4.78, 5) is 45.0. The monoisotopic (exact) mass is 780 g/mol. The predicted molar refractivity (Wildman–Crippen MR) is 213 cm³/mol. The fourth-order valence-electron chi connectivity index (χ4n) is 6.03. The number of carboxylic acid groups (broad SMARTS) is 1. The molecule has 0 aliphatic carbocycles. The summed E-state index contributed by atoms with van der Waals surface area (Å²) in [6, 6.07) is 0. The lowest BCUT2D eigenvalue weighted by Crippen LogP contribution is -2.62. The van der Waals surface area contributed by atoms with Crippen LogP contribution in [0.1, 0.15) is 201 Å². The van der Waals surface area contributed by atoms with Crippen molar-refractivity contribution in [2.45, 2.75) is 218 Å². The Morgan fingerprint density at radius 3 is 1.21 bits per heavy atom. The van der Waals surface area contributed by atoms with E-state index in [1.54, 1.807) is 0 Å². The molecule has 0 saturated heterocycles. The maximum atomic E-state index is 12.6. The van der Waals surface area contributed by atoms with Gasteiger partial charge in [0.25, 0.3) is 0 Å². The summed E-state index contributed by atoms with van der Waals surface area (Å²) >= 11 is 0. The van der Waals surface area contributed by atoms with E-state index in [2.05, 4.69) is 18.4 Å². The number of hydrogen-bond acceptors (Lipinski definition) is 10. The lowest BCUT2D eigenvalue weighted by molar-refractivity contribution is -0.182. The number of esters is 2. The van der Waals surface area contributed by atoms with Crippen LogP contribution in [0, 0.1) is 0 Å². The first kappa shape index (κ1) is 53.4. The van der Waals surface area contributed by atoms with Crippen LogP contribution in [0.25, 0.3) is 0 Å². The quantitative estimate of drug-likeness (QED) is 0.0227. The smallest absolute Gasteiger partial charge is 0.480 e. The summed E-state index contributed by atoms with van der Waals surface area (Å²) in [5, 5.41) is 19.7. The molecule has 2 unspecified atom stereocenters. The van der Waals surface area contributed by atoms with Crippen molar-refractivity contribution in [3.63, 3.8) is 0 Å². The van der Waals surface area contributed by atoms with Gasteiger partial charge in [0, 0.05) is 24.0 Å². The maximum Gasteiger partial charge on any atom is 0.694 e. The van der Waals surface area contributed by atoms with E-state index in [4.69, 9.17) is 25.8 Å². The highest BCUT2D eigenvalue weighted by Gasteiger charge is 2.47. The highest BCUT2D eigenvalue weighted by molar-refractivity contribution is 7.32. The Morgan fingerprint density at radius 1 is 0.623 bits per heavy atom. The van der Waals surface area contributed by atoms with E-state index in [1.807, 2.05) is 0 Å². The van der Waals surface area contributed by atoms with Crippen molar-refractivity contribution in [1.29, 1.82) is 0 Å². The molecule has 0 heterocycles. The molecule has 0 spiro atoms. The summed E-state index contributed by atoms with van der Waals surface area (Å²) in [5.74, 6) is -2.56. The number of aliphatic hydroxyl groups excluding tert-OH is 1. The number of aliphatic carboxylic acids is 1. The van der Waals surface area contributed by atoms with Crippen molar-refractivity contribution in [2.24, 2.45) is 11.5 Å². The standard InChI is InChI=1S/C38H73NO7.C2H6NO3P/c1-4-6-8-10-12-14-16-18-20-22-24-26-28-30-34(41)45-33(32-40)36(38(3,39)37(43)44)46-35(42)31-29-27-25-23-21-19-17-15-13-11-9-7-5-2;3-1-2-6-7(4)5/h33,36,40H,4-32,39H2,1-3H3,(H,43,44);1-3H2/p+1/t33-,36?,38+;/m0./s1. The molecule has 4 atom stereocenters. The lowest BCUT2D eigenvalue weighted by Gasteiger charge is -2.34. The van der Waals surface area contributed by atoms with Gasteiger partial charge in [0.15, 0.2) is 17.7 Å². The van der Waals surface area contributed by atoms with Crippen LogP contribution < -0.4 is 11.5 Å². The first-order valence-corrected chi connectivity index (χ1v) is 22.1. The summed E-state index contributed by atoms with van der Waals surface area (Å²) < 4.78 is 24.7. The SMILES string of the molecule is CCCCCCCCCCCCCCCC(=O)OC([C@H](CO)OC(=O)CCCCCCCCCCCCCCC)[C@@](C)(N)C(=O)O.NCCO[P+](=O)O. The molecule has 12 nitrogen and oxygen atoms in total. The molecule has 0 aliphatic rings. The van der Waals surface area contributed by atoms with E-state index in [-0.39, 0.29) is 26.0 Å². The zero-order chi connectivity index (χ0) is 40.0. The Kier molecular flexibility index (Phi) is 38.9. The summed E-state index contributed by atoms with van der Waals surface area (Å²) in [7, 11) is -2.44. The second-order valence-electron chi connectivity index (χ2n) is 14.6. The van der Waals surface area contributed by atoms with Crippen molar-refractivity contribution >= 4 is 26.2 Å². The van der Waals surface area contributed by atoms with E-state index in [0.29, 0.717) is 12.8 Å². The summed E-state index contributed by atoms with van der Waals surface area (Å²) in [5.41, 5.74) is 8.90. The molecule has 0 aromatic rings. The molecule has 0 radical (unpaired) electrons. The van der Waals surface area contributed by atoms with Crippen LogP contribution in [0.15, 0.2) is 0 Å². The van der Waals surface area contributed by atoms with Gasteiger partial charge in [0.05, 0.1) is 6.61 Å². The zero-order valence-corrected chi connectivity index (χ0v) is 34.8. The van der Waals surface area contributed by atoms with Crippen LogP contribution in [0.3, 0.4) is 0 Å². The van der Waals surface area contributed by atoms with Crippen LogP contribution in [-0.4, -0.2) is 70.5 Å². The molecule has 0 fully saturated rings. The summed E-state index contributed by atoms with van der Waals surface area (Å²) in [6.07, 6.45) is 28.3. The third kappa shape index (κ3) is 34.5. The molecule has 7 N–H and O–H groups in total. The third-order valence-electron chi connectivity index (χ3n) is 9.40. The van der Waals surface area contributed by atoms with Crippen molar-refractivity contribution in [1.82, 2.24) is 0 Å². The summed E-state index contributed by atoms with van der Waals surface area (Å²) in [6.45, 7) is 5.42. The number of hydrogen-bond donors (Lipinski definition) is 5. The molecule has 53 heavy (non-hydrogen) atoms. The first-order chi connectivity index (χ1) is 25.5. The Balaban J connectivity index is 0. The van der Waals surface area contributed by atoms with Gasteiger partial charge in [-0.15, -0.1) is 9.42 Å². The minimum Gasteiger partial charge on any atom is -0.480 e. The van der Waals surface area contributed by atoms with Crippen molar-refractivity contribution in [2.75, 3.05) is 19.8 Å². The molecule has 13 heteroatoms. The molecule has 0 bridgehead atoms. The number of carbonyl (C=O) groups is 3. The van der Waals surface area contributed by atoms with E-state index in [9.17, 15) is 29.2 Å². The van der Waals surface area contributed by atoms with Gasteiger partial charge < -0.3 is 31.2 Å². The molecular formula is C40H80N2O10P+. The zero-order valence-electron chi connectivity index (χ0n) is 33.9. The van der Waals surface area contributed by atoms with Crippen LogP contribution in [0.4, 0.5) is 0 Å². The number of ether oxygens (including phenoxy) is 2. The minimum absolute atomic E-state index is 0.120. The Labute approximate surface area is 323 Å².